The number of imidazole rings is 1. The number of aryl methyl sites for hydroxylation is 2. The highest BCUT2D eigenvalue weighted by atomic mass is 16.5. The van der Waals surface area contributed by atoms with E-state index in [2.05, 4.69) is 14.9 Å². The summed E-state index contributed by atoms with van der Waals surface area (Å²) in [6.07, 6.45) is 11.2. The van der Waals surface area contributed by atoms with Crippen LogP contribution in [0.4, 0.5) is 5.82 Å². The van der Waals surface area contributed by atoms with Gasteiger partial charge >= 0.3 is 0 Å². The fourth-order valence-corrected chi connectivity index (χ4v) is 7.08. The number of aromatic nitrogens is 3. The Morgan fingerprint density at radius 2 is 1.91 bits per heavy atom. The smallest absolute Gasteiger partial charge is 0.226 e. The Morgan fingerprint density at radius 1 is 1.22 bits per heavy atom. The number of unbranched alkanes of at least 4 members (excludes halogenated alkanes) is 1. The van der Waals surface area contributed by atoms with Crippen LogP contribution in [0.1, 0.15) is 69.7 Å². The van der Waals surface area contributed by atoms with Crippen molar-refractivity contribution in [3.05, 3.63) is 17.6 Å². The van der Waals surface area contributed by atoms with Gasteiger partial charge in [0.05, 0.1) is 5.52 Å². The van der Waals surface area contributed by atoms with Gasteiger partial charge in [-0.3, -0.25) is 4.79 Å². The lowest BCUT2D eigenvalue weighted by Gasteiger charge is -2.55. The van der Waals surface area contributed by atoms with E-state index in [1.807, 2.05) is 20.0 Å². The molecule has 4 bridgehead atoms. The number of ether oxygens (including phenoxy) is 1. The molecule has 0 aliphatic heterocycles. The molecule has 3 N–H and O–H groups in total. The van der Waals surface area contributed by atoms with Crippen molar-refractivity contribution in [1.29, 1.82) is 0 Å². The molecule has 32 heavy (non-hydrogen) atoms. The maximum absolute atomic E-state index is 13.2. The minimum absolute atomic E-state index is 0.0540. The molecule has 0 saturated heterocycles. The molecule has 4 aliphatic carbocycles. The highest BCUT2D eigenvalue weighted by Crippen LogP contribution is 2.60. The molecule has 2 heterocycles. The monoisotopic (exact) mass is 439 g/mol. The summed E-state index contributed by atoms with van der Waals surface area (Å²) >= 11 is 0. The number of carbonyl (C=O) groups excluding carboxylic acids is 1. The molecule has 1 amide bonds. The molecule has 0 aromatic carbocycles. The Kier molecular flexibility index (Phi) is 5.86. The molecule has 7 nitrogen and oxygen atoms in total. The van der Waals surface area contributed by atoms with Crippen molar-refractivity contribution < 1.29 is 9.53 Å². The Labute approximate surface area is 190 Å². The number of anilines is 1. The van der Waals surface area contributed by atoms with Crippen LogP contribution in [0.2, 0.25) is 0 Å². The second-order valence-electron chi connectivity index (χ2n) is 10.5. The minimum Gasteiger partial charge on any atom is -0.382 e. The Bertz CT molecular complexity index is 963. The molecule has 4 fully saturated rings. The van der Waals surface area contributed by atoms with Gasteiger partial charge in [0.15, 0.2) is 5.82 Å². The van der Waals surface area contributed by atoms with Gasteiger partial charge in [-0.15, -0.1) is 0 Å². The molecule has 0 unspecified atom stereocenters. The van der Waals surface area contributed by atoms with Crippen LogP contribution in [0.3, 0.4) is 0 Å². The van der Waals surface area contributed by atoms with E-state index in [0.717, 1.165) is 85.4 Å². The van der Waals surface area contributed by atoms with Crippen molar-refractivity contribution in [1.82, 2.24) is 19.9 Å². The first-order valence-corrected chi connectivity index (χ1v) is 12.5. The van der Waals surface area contributed by atoms with Crippen LogP contribution >= 0.6 is 0 Å². The van der Waals surface area contributed by atoms with Gasteiger partial charge < -0.3 is 20.4 Å². The summed E-state index contributed by atoms with van der Waals surface area (Å²) in [4.78, 5) is 22.1. The molecule has 2 aromatic rings. The number of nitrogens with two attached hydrogens (primary N) is 1. The van der Waals surface area contributed by atoms with Gasteiger partial charge in [-0.1, -0.05) is 0 Å². The first kappa shape index (κ1) is 21.7. The van der Waals surface area contributed by atoms with Crippen LogP contribution < -0.4 is 11.1 Å². The van der Waals surface area contributed by atoms with Gasteiger partial charge in [0.25, 0.3) is 0 Å². The van der Waals surface area contributed by atoms with Gasteiger partial charge in [0, 0.05) is 31.3 Å². The number of nitrogen functional groups attached to an aromatic ring is 1. The second-order valence-corrected chi connectivity index (χ2v) is 10.5. The molecule has 6 rings (SSSR count). The average Bonchev–Trinajstić information content (AvgIpc) is 3.13. The molecular weight excluding hydrogens is 402 g/mol. The molecule has 7 heteroatoms. The van der Waals surface area contributed by atoms with Crippen molar-refractivity contribution in [2.24, 2.45) is 23.2 Å². The first-order chi connectivity index (χ1) is 15.5. The fraction of sp³-hybridized carbons (Fsp3) is 0.720. The highest BCUT2D eigenvalue weighted by molar-refractivity contribution is 5.87. The summed E-state index contributed by atoms with van der Waals surface area (Å²) < 4.78 is 7.87. The third kappa shape index (κ3) is 3.89. The molecule has 4 aliphatic rings. The van der Waals surface area contributed by atoms with E-state index < -0.39 is 0 Å². The Hall–Kier alpha value is -2.15. The number of amides is 1. The zero-order chi connectivity index (χ0) is 22.3. The van der Waals surface area contributed by atoms with E-state index in [9.17, 15) is 4.79 Å². The lowest BCUT2D eigenvalue weighted by Crippen LogP contribution is -2.53. The standard InChI is InChI=1S/C25H37N5O2/c1-3-32-15-20-29-21-22(16(2)14-28-23(21)26)30(20)7-5-4-6-27-24(31)25-11-17-8-18(12-25)10-19(9-17)13-25/h14,17-19H,3-13,15H2,1-2H3,(H2,26,28)(H,27,31). The number of hydrogen-bond acceptors (Lipinski definition) is 5. The predicted molar refractivity (Wildman–Crippen MR) is 125 cm³/mol. The van der Waals surface area contributed by atoms with Crippen LogP contribution in [0.5, 0.6) is 0 Å². The van der Waals surface area contributed by atoms with Gasteiger partial charge in [-0.05, 0) is 88.5 Å². The number of fused-ring (bicyclic) bond motifs is 1. The van der Waals surface area contributed by atoms with Crippen molar-refractivity contribution in [3.63, 3.8) is 0 Å². The molecule has 174 valence electrons. The van der Waals surface area contributed by atoms with Crippen molar-refractivity contribution in [2.45, 2.75) is 78.4 Å². The summed E-state index contributed by atoms with van der Waals surface area (Å²) in [6.45, 7) is 6.72. The van der Waals surface area contributed by atoms with E-state index in [1.165, 1.54) is 19.3 Å². The molecular formula is C25H37N5O2. The summed E-state index contributed by atoms with van der Waals surface area (Å²) in [6, 6.07) is 0. The summed E-state index contributed by atoms with van der Waals surface area (Å²) in [5.41, 5.74) is 8.91. The maximum atomic E-state index is 13.2. The lowest BCUT2D eigenvalue weighted by molar-refractivity contribution is -0.146. The van der Waals surface area contributed by atoms with Gasteiger partial charge in [-0.25, -0.2) is 9.97 Å². The second kappa shape index (κ2) is 8.65. The van der Waals surface area contributed by atoms with Crippen molar-refractivity contribution >= 4 is 22.8 Å². The number of nitrogens with zero attached hydrogens (tertiary/aromatic N) is 3. The number of nitrogens with one attached hydrogen (secondary N) is 1. The molecule has 4 saturated carbocycles. The third-order valence-electron chi connectivity index (χ3n) is 8.11. The molecule has 2 aromatic heterocycles. The summed E-state index contributed by atoms with van der Waals surface area (Å²) in [7, 11) is 0. The zero-order valence-electron chi connectivity index (χ0n) is 19.5. The van der Waals surface area contributed by atoms with Crippen LogP contribution in [0.25, 0.3) is 11.0 Å². The van der Waals surface area contributed by atoms with Crippen molar-refractivity contribution in [3.8, 4) is 0 Å². The summed E-state index contributed by atoms with van der Waals surface area (Å²) in [5.74, 6) is 4.09. The van der Waals surface area contributed by atoms with Crippen molar-refractivity contribution in [2.75, 3.05) is 18.9 Å². The number of rotatable bonds is 9. The van der Waals surface area contributed by atoms with E-state index in [0.29, 0.717) is 24.9 Å². The Morgan fingerprint density at radius 3 is 2.56 bits per heavy atom. The molecule has 0 radical (unpaired) electrons. The van der Waals surface area contributed by atoms with E-state index in [-0.39, 0.29) is 5.41 Å². The number of pyridine rings is 1. The molecule has 0 atom stereocenters. The normalized spacial score (nSPS) is 28.5. The fourth-order valence-electron chi connectivity index (χ4n) is 7.08. The zero-order valence-corrected chi connectivity index (χ0v) is 19.5. The van der Waals surface area contributed by atoms with Crippen LogP contribution in [0.15, 0.2) is 6.20 Å². The Balaban J connectivity index is 1.19. The quantitative estimate of drug-likeness (QED) is 0.577. The summed E-state index contributed by atoms with van der Waals surface area (Å²) in [5, 5.41) is 3.31. The van der Waals surface area contributed by atoms with E-state index in [1.54, 1.807) is 0 Å². The predicted octanol–water partition coefficient (Wildman–Crippen LogP) is 3.97. The third-order valence-corrected chi connectivity index (χ3v) is 8.11. The maximum Gasteiger partial charge on any atom is 0.226 e. The number of carbonyl (C=O) groups is 1. The largest absolute Gasteiger partial charge is 0.382 e. The molecule has 0 spiro atoms. The average molecular weight is 440 g/mol. The van der Waals surface area contributed by atoms with Gasteiger partial charge in [0.2, 0.25) is 5.91 Å². The van der Waals surface area contributed by atoms with E-state index in [4.69, 9.17) is 15.5 Å². The SMILES string of the molecule is CCOCc1nc2c(N)ncc(C)c2n1CCCCNC(=O)C12CC3CC(CC(C3)C1)C2. The minimum atomic E-state index is -0.0540. The number of hydrogen-bond donors (Lipinski definition) is 2. The highest BCUT2D eigenvalue weighted by Gasteiger charge is 2.54. The van der Waals surface area contributed by atoms with Crippen LogP contribution in [-0.2, 0) is 22.7 Å². The van der Waals surface area contributed by atoms with Gasteiger partial charge in [0.1, 0.15) is 17.9 Å². The first-order valence-electron chi connectivity index (χ1n) is 12.5. The van der Waals surface area contributed by atoms with Gasteiger partial charge in [-0.2, -0.15) is 0 Å². The van der Waals surface area contributed by atoms with Crippen LogP contribution in [0, 0.1) is 30.1 Å². The van der Waals surface area contributed by atoms with E-state index >= 15 is 0 Å². The topological polar surface area (TPSA) is 95.1 Å². The lowest BCUT2D eigenvalue weighted by atomic mass is 9.49. The van der Waals surface area contributed by atoms with Crippen LogP contribution in [-0.4, -0.2) is 33.6 Å².